The number of H-pyrrole nitrogens is 1. The Morgan fingerprint density at radius 2 is 1.97 bits per heavy atom. The number of hydrogen-bond acceptors (Lipinski definition) is 5. The summed E-state index contributed by atoms with van der Waals surface area (Å²) in [5.41, 5.74) is 4.15. The Kier molecular flexibility index (Phi) is 8.26. The molecule has 1 aromatic heterocycles. The van der Waals surface area contributed by atoms with Gasteiger partial charge in [0.1, 0.15) is 22.7 Å². The summed E-state index contributed by atoms with van der Waals surface area (Å²) in [5, 5.41) is 2.96. The van der Waals surface area contributed by atoms with Crippen molar-refractivity contribution < 1.29 is 14.3 Å². The molecule has 1 saturated carbocycles. The topological polar surface area (TPSA) is 79.5 Å². The van der Waals surface area contributed by atoms with Gasteiger partial charge in [0.25, 0.3) is 0 Å². The average molecular weight is 531 g/mol. The van der Waals surface area contributed by atoms with Crippen LogP contribution in [-0.2, 0) is 11.2 Å². The van der Waals surface area contributed by atoms with Gasteiger partial charge in [-0.25, -0.2) is 9.78 Å². The minimum Gasteiger partial charge on any atom is -0.494 e. The van der Waals surface area contributed by atoms with Crippen LogP contribution in [0.2, 0.25) is 0 Å². The summed E-state index contributed by atoms with van der Waals surface area (Å²) in [5.74, 6) is 2.43. The quantitative estimate of drug-likeness (QED) is 0.308. The molecule has 2 N–H and O–H groups in total. The molecule has 3 aliphatic rings. The van der Waals surface area contributed by atoms with Crippen LogP contribution in [0.3, 0.4) is 0 Å². The molecule has 0 spiro atoms. The number of ether oxygens (including phenoxy) is 2. The van der Waals surface area contributed by atoms with E-state index in [0.717, 1.165) is 74.2 Å². The summed E-state index contributed by atoms with van der Waals surface area (Å²) >= 11 is 0. The van der Waals surface area contributed by atoms with Crippen LogP contribution in [-0.4, -0.2) is 59.9 Å². The molecule has 0 aliphatic heterocycles. The maximum Gasteiger partial charge on any atom is 0.407 e. The molecular weight excluding hydrogens is 488 g/mol. The molecular formula is C32H42N4O3. The van der Waals surface area contributed by atoms with E-state index in [1.54, 1.807) is 7.11 Å². The third-order valence-electron chi connectivity index (χ3n) is 8.34. The van der Waals surface area contributed by atoms with Crippen molar-refractivity contribution in [3.63, 3.8) is 0 Å². The van der Waals surface area contributed by atoms with Crippen molar-refractivity contribution in [2.24, 2.45) is 11.8 Å². The number of allylic oxidation sites excluding steroid dienone is 1. The highest BCUT2D eigenvalue weighted by molar-refractivity contribution is 5.81. The number of fused-ring (bicyclic) bond motifs is 3. The van der Waals surface area contributed by atoms with Gasteiger partial charge in [0, 0.05) is 31.3 Å². The Hall–Kier alpha value is -3.32. The first-order valence-electron chi connectivity index (χ1n) is 14.3. The molecule has 3 aromatic rings. The number of aromatic nitrogens is 2. The van der Waals surface area contributed by atoms with E-state index in [1.807, 2.05) is 32.0 Å². The van der Waals surface area contributed by atoms with Crippen LogP contribution in [0.1, 0.15) is 57.3 Å². The largest absolute Gasteiger partial charge is 0.494 e. The van der Waals surface area contributed by atoms with Gasteiger partial charge in [-0.2, -0.15) is 0 Å². The third kappa shape index (κ3) is 6.14. The normalized spacial score (nSPS) is 22.4. The maximum atomic E-state index is 12.9. The highest BCUT2D eigenvalue weighted by Gasteiger charge is 2.50. The molecule has 7 heteroatoms. The number of alkyl carbamates (subject to hydrolysis) is 1. The van der Waals surface area contributed by atoms with Crippen molar-refractivity contribution in [1.82, 2.24) is 20.2 Å². The number of amides is 1. The van der Waals surface area contributed by atoms with E-state index in [-0.39, 0.29) is 18.1 Å². The molecule has 3 atom stereocenters. The predicted molar refractivity (Wildman–Crippen MR) is 156 cm³/mol. The molecule has 2 bridgehead atoms. The second-order valence-corrected chi connectivity index (χ2v) is 11.5. The Morgan fingerprint density at radius 1 is 1.15 bits per heavy atom. The number of imidazole rings is 1. The van der Waals surface area contributed by atoms with Crippen LogP contribution < -0.4 is 10.1 Å². The van der Waals surface area contributed by atoms with Gasteiger partial charge in [0.05, 0.1) is 12.6 Å². The van der Waals surface area contributed by atoms with Gasteiger partial charge < -0.3 is 24.7 Å². The number of nitrogens with zero attached hydrogens (tertiary/aromatic N) is 2. The number of carbonyl (C=O) groups excluding carboxylic acids is 1. The van der Waals surface area contributed by atoms with Crippen LogP contribution in [0.15, 0.2) is 54.6 Å². The van der Waals surface area contributed by atoms with E-state index in [2.05, 4.69) is 58.7 Å². The second-order valence-electron chi connectivity index (χ2n) is 11.5. The first-order chi connectivity index (χ1) is 18.9. The lowest BCUT2D eigenvalue weighted by Crippen LogP contribution is -2.52. The van der Waals surface area contributed by atoms with Crippen molar-refractivity contribution in [2.45, 2.75) is 64.0 Å². The van der Waals surface area contributed by atoms with Crippen LogP contribution in [0.5, 0.6) is 5.75 Å². The lowest BCUT2D eigenvalue weighted by molar-refractivity contribution is -0.0682. The molecule has 3 aliphatic carbocycles. The van der Waals surface area contributed by atoms with Crippen LogP contribution in [0, 0.1) is 11.8 Å². The number of rotatable bonds is 11. The Balaban J connectivity index is 1.23. The van der Waals surface area contributed by atoms with E-state index in [1.165, 1.54) is 11.1 Å². The summed E-state index contributed by atoms with van der Waals surface area (Å²) < 4.78 is 11.8. The minimum absolute atomic E-state index is 0.0478. The number of para-hydroxylation sites is 1. The summed E-state index contributed by atoms with van der Waals surface area (Å²) in [6, 6.07) is 16.7. The van der Waals surface area contributed by atoms with Gasteiger partial charge in [-0.3, -0.25) is 0 Å². The number of nitrogens with one attached hydrogen (secondary N) is 2. The van der Waals surface area contributed by atoms with Crippen LogP contribution in [0.4, 0.5) is 4.79 Å². The van der Waals surface area contributed by atoms with E-state index >= 15 is 0 Å². The highest BCUT2D eigenvalue weighted by atomic mass is 16.6. The molecule has 1 heterocycles. The number of hydrogen-bond donors (Lipinski definition) is 2. The lowest BCUT2D eigenvalue weighted by atomic mass is 9.61. The molecule has 0 unspecified atom stereocenters. The minimum atomic E-state index is -0.469. The van der Waals surface area contributed by atoms with Crippen LogP contribution >= 0.6 is 0 Å². The molecule has 1 amide bonds. The first-order valence-corrected chi connectivity index (χ1v) is 14.3. The predicted octanol–water partition coefficient (Wildman–Crippen LogP) is 6.21. The number of benzene rings is 2. The molecule has 0 saturated heterocycles. The zero-order valence-corrected chi connectivity index (χ0v) is 23.7. The molecule has 7 nitrogen and oxygen atoms in total. The van der Waals surface area contributed by atoms with Gasteiger partial charge in [-0.1, -0.05) is 42.5 Å². The third-order valence-corrected chi connectivity index (χ3v) is 8.34. The summed E-state index contributed by atoms with van der Waals surface area (Å²) in [4.78, 5) is 23.4. The van der Waals surface area contributed by atoms with E-state index in [9.17, 15) is 4.79 Å². The fraction of sp³-hybridized carbons (Fsp3) is 0.500. The highest BCUT2D eigenvalue weighted by Crippen LogP contribution is 2.52. The zero-order valence-electron chi connectivity index (χ0n) is 23.7. The number of methoxy groups -OCH3 is 1. The second kappa shape index (κ2) is 11.8. The monoisotopic (exact) mass is 530 g/mol. The summed E-state index contributed by atoms with van der Waals surface area (Å²) in [6.07, 6.45) is 7.91. The summed E-state index contributed by atoms with van der Waals surface area (Å²) in [6.45, 7) is 5.77. The van der Waals surface area contributed by atoms with E-state index < -0.39 is 5.60 Å². The van der Waals surface area contributed by atoms with Gasteiger partial charge in [0.15, 0.2) is 0 Å². The SMILES string of the molecule is COc1cccc2[nH]c(CCCN(C)CC[C@@]3(OC(=O)NC(C)C)C[C@@H]4CC[C@H]3C=C4c3ccccc3)nc12. The summed E-state index contributed by atoms with van der Waals surface area (Å²) in [7, 11) is 3.84. The maximum absolute atomic E-state index is 12.9. The van der Waals surface area contributed by atoms with Gasteiger partial charge in [-0.15, -0.1) is 0 Å². The zero-order chi connectivity index (χ0) is 27.4. The first kappa shape index (κ1) is 27.3. The Bertz CT molecular complexity index is 1300. The fourth-order valence-corrected chi connectivity index (χ4v) is 6.38. The Labute approximate surface area is 232 Å². The van der Waals surface area contributed by atoms with E-state index in [4.69, 9.17) is 14.5 Å². The van der Waals surface area contributed by atoms with Crippen LogP contribution in [0.25, 0.3) is 16.6 Å². The van der Waals surface area contributed by atoms with Gasteiger partial charge in [0.2, 0.25) is 0 Å². The fourth-order valence-electron chi connectivity index (χ4n) is 6.38. The van der Waals surface area contributed by atoms with Gasteiger partial charge >= 0.3 is 6.09 Å². The standard InChI is InChI=1S/C32H42N4O3/c1-22(2)33-31(37)39-32(21-24-15-16-25(32)20-26(24)23-10-6-5-7-11-23)17-19-36(3)18-9-14-29-34-27-12-8-13-28(38-4)30(27)35-29/h5-8,10-13,20,22,24-25H,9,14-19,21H2,1-4H3,(H,33,37)(H,34,35)/t24-,25-,32+/m0/s1. The number of aromatic amines is 1. The smallest absolute Gasteiger partial charge is 0.407 e. The van der Waals surface area contributed by atoms with Gasteiger partial charge in [-0.05, 0) is 82.3 Å². The average Bonchev–Trinajstić information content (AvgIpc) is 3.35. The molecule has 6 rings (SSSR count). The number of carbonyl (C=O) groups is 1. The van der Waals surface area contributed by atoms with E-state index in [0.29, 0.717) is 5.92 Å². The molecule has 208 valence electrons. The Morgan fingerprint density at radius 3 is 2.69 bits per heavy atom. The number of aryl methyl sites for hydroxylation is 1. The lowest BCUT2D eigenvalue weighted by Gasteiger charge is -2.50. The van der Waals surface area contributed by atoms with Crippen molar-refractivity contribution in [3.8, 4) is 5.75 Å². The molecule has 1 fully saturated rings. The van der Waals surface area contributed by atoms with Crippen molar-refractivity contribution >= 4 is 22.7 Å². The van der Waals surface area contributed by atoms with Crippen molar-refractivity contribution in [2.75, 3.05) is 27.2 Å². The molecule has 0 radical (unpaired) electrons. The van der Waals surface area contributed by atoms with Crippen molar-refractivity contribution in [1.29, 1.82) is 0 Å². The van der Waals surface area contributed by atoms with Crippen molar-refractivity contribution in [3.05, 3.63) is 66.0 Å². The molecule has 2 aromatic carbocycles. The molecule has 39 heavy (non-hydrogen) atoms.